The molecule has 0 fully saturated rings. The lowest BCUT2D eigenvalue weighted by molar-refractivity contribution is -0.137. The van der Waals surface area contributed by atoms with Gasteiger partial charge in [-0.05, 0) is 79.4 Å². The Morgan fingerprint density at radius 2 is 1.70 bits per heavy atom. The van der Waals surface area contributed by atoms with E-state index in [-0.39, 0.29) is 30.9 Å². The third kappa shape index (κ3) is 7.30. The Kier molecular flexibility index (Phi) is 8.10. The number of amides is 1. The lowest BCUT2D eigenvalue weighted by atomic mass is 10.0. The van der Waals surface area contributed by atoms with Gasteiger partial charge in [-0.2, -0.15) is 13.2 Å². The highest BCUT2D eigenvalue weighted by atomic mass is 32.2. The fourth-order valence-electron chi connectivity index (χ4n) is 2.94. The monoisotopic (exact) mass is 477 g/mol. The molecule has 33 heavy (non-hydrogen) atoms. The van der Waals surface area contributed by atoms with Gasteiger partial charge in [0.25, 0.3) is 0 Å². The Labute approximate surface area is 194 Å². The van der Waals surface area contributed by atoms with Crippen LogP contribution in [0.1, 0.15) is 25.0 Å². The van der Waals surface area contributed by atoms with Crippen LogP contribution in [0.3, 0.4) is 0 Å². The highest BCUT2D eigenvalue weighted by Crippen LogP contribution is 2.31. The third-order valence-corrected chi connectivity index (χ3v) is 6.01. The summed E-state index contributed by atoms with van der Waals surface area (Å²) in [5, 5.41) is 2.84. The van der Waals surface area contributed by atoms with E-state index in [0.717, 1.165) is 22.6 Å². The molecule has 0 bridgehead atoms. The highest BCUT2D eigenvalue weighted by Gasteiger charge is 2.30. The Morgan fingerprint density at radius 1 is 1.03 bits per heavy atom. The van der Waals surface area contributed by atoms with Crippen molar-refractivity contribution in [1.29, 1.82) is 0 Å². The van der Waals surface area contributed by atoms with Crippen LogP contribution >= 0.6 is 11.9 Å². The van der Waals surface area contributed by atoms with Gasteiger partial charge < -0.3 is 5.32 Å². The molecule has 0 unspecified atom stereocenters. The molecule has 0 saturated heterocycles. The van der Waals surface area contributed by atoms with E-state index in [9.17, 15) is 22.4 Å². The number of carbonyl (C=O) groups excluding carboxylic acids is 1. The van der Waals surface area contributed by atoms with Crippen LogP contribution in [0, 0.1) is 5.82 Å². The van der Waals surface area contributed by atoms with Crippen LogP contribution in [0.2, 0.25) is 0 Å². The van der Waals surface area contributed by atoms with E-state index < -0.39 is 11.7 Å². The van der Waals surface area contributed by atoms with Crippen molar-refractivity contribution in [2.75, 3.05) is 6.54 Å². The molecule has 0 spiro atoms. The van der Waals surface area contributed by atoms with Crippen molar-refractivity contribution in [3.05, 3.63) is 83.9 Å². The van der Waals surface area contributed by atoms with Crippen molar-refractivity contribution >= 4 is 17.9 Å². The molecule has 0 aliphatic heterocycles. The SMILES string of the molecule is CC(C)N(CC(=O)NCc1cncc(-c2ccc(C(F)(F)F)cc2)c1)Sc1ccc(F)cc1. The van der Waals surface area contributed by atoms with Gasteiger partial charge in [0.2, 0.25) is 5.91 Å². The molecule has 0 radical (unpaired) electrons. The van der Waals surface area contributed by atoms with E-state index in [0.29, 0.717) is 11.1 Å². The third-order valence-electron chi connectivity index (χ3n) is 4.74. The molecule has 0 aliphatic rings. The van der Waals surface area contributed by atoms with E-state index in [1.54, 1.807) is 30.6 Å². The van der Waals surface area contributed by atoms with Crippen LogP contribution in [-0.2, 0) is 17.5 Å². The molecule has 3 aromatic rings. The fourth-order valence-corrected chi connectivity index (χ4v) is 3.86. The predicted molar refractivity (Wildman–Crippen MR) is 121 cm³/mol. The molecule has 1 heterocycles. The molecular formula is C24H23F4N3OS. The van der Waals surface area contributed by atoms with Gasteiger partial charge in [-0.25, -0.2) is 8.70 Å². The Balaban J connectivity index is 1.59. The number of hydrogen-bond donors (Lipinski definition) is 1. The summed E-state index contributed by atoms with van der Waals surface area (Å²) < 4.78 is 53.3. The molecule has 3 rings (SSSR count). The molecular weight excluding hydrogens is 454 g/mol. The lowest BCUT2D eigenvalue weighted by Crippen LogP contribution is -2.36. The predicted octanol–water partition coefficient (Wildman–Crippen LogP) is 5.94. The first-order valence-electron chi connectivity index (χ1n) is 10.2. The minimum atomic E-state index is -4.39. The second kappa shape index (κ2) is 10.8. The van der Waals surface area contributed by atoms with Crippen molar-refractivity contribution in [3.8, 4) is 11.1 Å². The Hall–Kier alpha value is -2.91. The van der Waals surface area contributed by atoms with Crippen LogP contribution in [0.5, 0.6) is 0 Å². The van der Waals surface area contributed by atoms with Gasteiger partial charge in [0.15, 0.2) is 0 Å². The van der Waals surface area contributed by atoms with Crippen molar-refractivity contribution < 1.29 is 22.4 Å². The molecule has 1 amide bonds. The first-order chi connectivity index (χ1) is 15.6. The van der Waals surface area contributed by atoms with Crippen molar-refractivity contribution in [2.45, 2.75) is 37.5 Å². The molecule has 0 saturated carbocycles. The highest BCUT2D eigenvalue weighted by molar-refractivity contribution is 7.97. The number of halogens is 4. The molecule has 4 nitrogen and oxygen atoms in total. The number of aromatic nitrogens is 1. The first kappa shape index (κ1) is 24.7. The summed E-state index contributed by atoms with van der Waals surface area (Å²) in [4.78, 5) is 17.5. The largest absolute Gasteiger partial charge is 0.416 e. The summed E-state index contributed by atoms with van der Waals surface area (Å²) in [5.41, 5.74) is 1.27. The quantitative estimate of drug-likeness (QED) is 0.322. The molecule has 2 aromatic carbocycles. The topological polar surface area (TPSA) is 45.2 Å². The fraction of sp³-hybridized carbons (Fsp3) is 0.250. The molecule has 1 N–H and O–H groups in total. The lowest BCUT2D eigenvalue weighted by Gasteiger charge is -2.24. The van der Waals surface area contributed by atoms with Gasteiger partial charge in [0.1, 0.15) is 5.82 Å². The summed E-state index contributed by atoms with van der Waals surface area (Å²) in [6, 6.07) is 12.8. The number of pyridine rings is 1. The molecule has 174 valence electrons. The second-order valence-electron chi connectivity index (χ2n) is 7.65. The smallest absolute Gasteiger partial charge is 0.351 e. The van der Waals surface area contributed by atoms with E-state index in [1.807, 2.05) is 18.2 Å². The maximum Gasteiger partial charge on any atom is 0.416 e. The van der Waals surface area contributed by atoms with Crippen molar-refractivity contribution in [3.63, 3.8) is 0 Å². The number of rotatable bonds is 8. The average molecular weight is 478 g/mol. The van der Waals surface area contributed by atoms with Crippen LogP contribution in [0.25, 0.3) is 11.1 Å². The van der Waals surface area contributed by atoms with Gasteiger partial charge >= 0.3 is 6.18 Å². The van der Waals surface area contributed by atoms with Gasteiger partial charge in [-0.3, -0.25) is 9.78 Å². The zero-order valence-electron chi connectivity index (χ0n) is 18.1. The number of nitrogens with zero attached hydrogens (tertiary/aromatic N) is 2. The minimum Gasteiger partial charge on any atom is -0.351 e. The van der Waals surface area contributed by atoms with Crippen LogP contribution in [0.4, 0.5) is 17.6 Å². The summed E-state index contributed by atoms with van der Waals surface area (Å²) in [5.74, 6) is -0.515. The van der Waals surface area contributed by atoms with Gasteiger partial charge in [0.05, 0.1) is 12.1 Å². The number of carbonyl (C=O) groups is 1. The van der Waals surface area contributed by atoms with E-state index in [2.05, 4.69) is 10.3 Å². The van der Waals surface area contributed by atoms with E-state index in [4.69, 9.17) is 0 Å². The zero-order chi connectivity index (χ0) is 24.0. The summed E-state index contributed by atoms with van der Waals surface area (Å²) in [6.07, 6.45) is -1.23. The molecule has 9 heteroatoms. The average Bonchev–Trinajstić information content (AvgIpc) is 2.78. The molecule has 1 aromatic heterocycles. The van der Waals surface area contributed by atoms with Crippen LogP contribution < -0.4 is 5.32 Å². The van der Waals surface area contributed by atoms with Gasteiger partial charge in [-0.1, -0.05) is 12.1 Å². The molecule has 0 atom stereocenters. The summed E-state index contributed by atoms with van der Waals surface area (Å²) in [6.45, 7) is 4.28. The Bertz CT molecular complexity index is 1070. The molecule has 0 aliphatic carbocycles. The summed E-state index contributed by atoms with van der Waals surface area (Å²) in [7, 11) is 0. The maximum absolute atomic E-state index is 13.1. The summed E-state index contributed by atoms with van der Waals surface area (Å²) >= 11 is 1.37. The van der Waals surface area contributed by atoms with Crippen LogP contribution in [-0.4, -0.2) is 27.8 Å². The first-order valence-corrected chi connectivity index (χ1v) is 11.0. The Morgan fingerprint density at radius 3 is 2.30 bits per heavy atom. The maximum atomic E-state index is 13.1. The van der Waals surface area contributed by atoms with Crippen LogP contribution in [0.15, 0.2) is 71.9 Å². The number of benzene rings is 2. The van der Waals surface area contributed by atoms with Crippen molar-refractivity contribution in [1.82, 2.24) is 14.6 Å². The second-order valence-corrected chi connectivity index (χ2v) is 8.77. The minimum absolute atomic E-state index is 0.0652. The number of alkyl halides is 3. The normalized spacial score (nSPS) is 11.8. The van der Waals surface area contributed by atoms with E-state index in [1.165, 1.54) is 36.2 Å². The van der Waals surface area contributed by atoms with Crippen molar-refractivity contribution in [2.24, 2.45) is 0 Å². The van der Waals surface area contributed by atoms with Gasteiger partial charge in [-0.15, -0.1) is 0 Å². The number of nitrogens with one attached hydrogen (secondary N) is 1. The number of hydrogen-bond acceptors (Lipinski definition) is 4. The standard InChI is InChI=1S/C24H23F4N3OS/c1-16(2)31(33-22-9-7-21(25)8-10-22)15-23(32)30-13-17-11-19(14-29-12-17)18-3-5-20(6-4-18)24(26,27)28/h3-12,14,16H,13,15H2,1-2H3,(H,30,32). The zero-order valence-corrected chi connectivity index (χ0v) is 18.9. The van der Waals surface area contributed by atoms with Gasteiger partial charge in [0, 0.05) is 35.4 Å². The van der Waals surface area contributed by atoms with E-state index >= 15 is 0 Å².